The molecule has 0 radical (unpaired) electrons. The first-order valence-electron chi connectivity index (χ1n) is 7.44. The van der Waals surface area contributed by atoms with Crippen LogP contribution < -0.4 is 11.1 Å². The molecular weight excluding hydrogens is 350 g/mol. The molecular formula is C16H20ClN3O5. The van der Waals surface area contributed by atoms with Crippen LogP contribution in [0.1, 0.15) is 18.4 Å². The molecule has 0 saturated carbocycles. The highest BCUT2D eigenvalue weighted by Gasteiger charge is 2.22. The number of nitrogens with one attached hydrogen (secondary N) is 2. The summed E-state index contributed by atoms with van der Waals surface area (Å²) in [4.78, 5) is 36.9. The van der Waals surface area contributed by atoms with E-state index in [1.807, 2.05) is 24.3 Å². The van der Waals surface area contributed by atoms with E-state index in [1.54, 1.807) is 6.20 Å². The number of carboxylic acid groups (broad SMARTS) is 2. The van der Waals surface area contributed by atoms with E-state index in [0.717, 1.165) is 16.5 Å². The van der Waals surface area contributed by atoms with Crippen LogP contribution in [0.25, 0.3) is 10.9 Å². The van der Waals surface area contributed by atoms with Crippen molar-refractivity contribution in [1.29, 1.82) is 0 Å². The molecule has 8 nitrogen and oxygen atoms in total. The molecule has 136 valence electrons. The van der Waals surface area contributed by atoms with Crippen LogP contribution in [-0.4, -0.2) is 45.1 Å². The highest BCUT2D eigenvalue weighted by atomic mass is 35.5. The topological polar surface area (TPSA) is 146 Å². The number of amides is 1. The van der Waals surface area contributed by atoms with Crippen LogP contribution in [0.5, 0.6) is 0 Å². The zero-order chi connectivity index (χ0) is 17.7. The largest absolute Gasteiger partial charge is 0.480 e. The number of aromatic amines is 1. The van der Waals surface area contributed by atoms with Gasteiger partial charge in [0.1, 0.15) is 12.1 Å². The molecule has 0 unspecified atom stereocenters. The van der Waals surface area contributed by atoms with Crippen molar-refractivity contribution in [3.63, 3.8) is 0 Å². The second-order valence-electron chi connectivity index (χ2n) is 5.51. The van der Waals surface area contributed by atoms with E-state index >= 15 is 0 Å². The number of aromatic nitrogens is 1. The number of halogens is 1. The van der Waals surface area contributed by atoms with Crippen molar-refractivity contribution in [1.82, 2.24) is 10.3 Å². The molecule has 0 spiro atoms. The minimum atomic E-state index is -1.20. The normalized spacial score (nSPS) is 12.8. The number of carbonyl (C=O) groups excluding carboxylic acids is 1. The van der Waals surface area contributed by atoms with Gasteiger partial charge in [-0.1, -0.05) is 18.2 Å². The number of carboxylic acids is 2. The fraction of sp³-hybridized carbons (Fsp3) is 0.312. The Morgan fingerprint density at radius 2 is 1.84 bits per heavy atom. The summed E-state index contributed by atoms with van der Waals surface area (Å²) in [5, 5.41) is 21.3. The number of rotatable bonds is 8. The van der Waals surface area contributed by atoms with Gasteiger partial charge in [-0.2, -0.15) is 0 Å². The third-order valence-corrected chi connectivity index (χ3v) is 3.73. The fourth-order valence-electron chi connectivity index (χ4n) is 2.40. The predicted octanol–water partition coefficient (Wildman–Crippen LogP) is 0.894. The number of para-hydroxylation sites is 1. The highest BCUT2D eigenvalue weighted by Crippen LogP contribution is 2.19. The number of benzene rings is 1. The lowest BCUT2D eigenvalue weighted by atomic mass is 10.0. The average Bonchev–Trinajstić information content (AvgIpc) is 2.95. The molecule has 0 fully saturated rings. The number of H-pyrrole nitrogens is 1. The zero-order valence-corrected chi connectivity index (χ0v) is 14.1. The van der Waals surface area contributed by atoms with E-state index in [4.69, 9.17) is 10.8 Å². The average molecular weight is 370 g/mol. The number of hydrogen-bond donors (Lipinski definition) is 5. The van der Waals surface area contributed by atoms with Gasteiger partial charge in [0.25, 0.3) is 0 Å². The van der Waals surface area contributed by atoms with Crippen LogP contribution in [-0.2, 0) is 20.8 Å². The molecule has 2 rings (SSSR count). The molecule has 0 aliphatic rings. The molecule has 2 aromatic rings. The maximum absolute atomic E-state index is 11.8. The van der Waals surface area contributed by atoms with Gasteiger partial charge in [0.2, 0.25) is 5.91 Å². The summed E-state index contributed by atoms with van der Waals surface area (Å²) < 4.78 is 0. The minimum absolute atomic E-state index is 0. The molecule has 1 aromatic heterocycles. The Labute approximate surface area is 149 Å². The van der Waals surface area contributed by atoms with Crippen molar-refractivity contribution >= 4 is 41.2 Å². The van der Waals surface area contributed by atoms with Gasteiger partial charge in [0.05, 0.1) is 0 Å². The van der Waals surface area contributed by atoms with E-state index in [1.165, 1.54) is 0 Å². The van der Waals surface area contributed by atoms with Crippen LogP contribution >= 0.6 is 12.4 Å². The third kappa shape index (κ3) is 5.47. The molecule has 6 N–H and O–H groups in total. The third-order valence-electron chi connectivity index (χ3n) is 3.73. The number of fused-ring (bicyclic) bond motifs is 1. The highest BCUT2D eigenvalue weighted by molar-refractivity contribution is 5.87. The Morgan fingerprint density at radius 3 is 2.48 bits per heavy atom. The fourth-order valence-corrected chi connectivity index (χ4v) is 2.40. The summed E-state index contributed by atoms with van der Waals surface area (Å²) in [5.41, 5.74) is 6.99. The molecule has 2 atom stereocenters. The summed E-state index contributed by atoms with van der Waals surface area (Å²) in [6, 6.07) is 5.21. The van der Waals surface area contributed by atoms with Crippen LogP contribution in [0.15, 0.2) is 30.5 Å². The van der Waals surface area contributed by atoms with Gasteiger partial charge in [-0.25, -0.2) is 4.79 Å². The molecule has 0 aliphatic carbocycles. The molecule has 0 bridgehead atoms. The Balaban J connectivity index is 0.00000312. The Bertz CT molecular complexity index is 761. The lowest BCUT2D eigenvalue weighted by molar-refractivity contribution is -0.142. The second-order valence-corrected chi connectivity index (χ2v) is 5.51. The van der Waals surface area contributed by atoms with Gasteiger partial charge in [0, 0.05) is 29.9 Å². The van der Waals surface area contributed by atoms with Crippen molar-refractivity contribution in [3.05, 3.63) is 36.0 Å². The first kappa shape index (κ1) is 20.5. The Morgan fingerprint density at radius 1 is 1.16 bits per heavy atom. The number of aliphatic carboxylic acids is 2. The molecule has 25 heavy (non-hydrogen) atoms. The zero-order valence-electron chi connectivity index (χ0n) is 13.3. The number of hydrogen-bond acceptors (Lipinski definition) is 4. The van der Waals surface area contributed by atoms with Gasteiger partial charge in [-0.3, -0.25) is 9.59 Å². The predicted molar refractivity (Wildman–Crippen MR) is 93.7 cm³/mol. The van der Waals surface area contributed by atoms with Gasteiger partial charge < -0.3 is 26.2 Å². The number of nitrogens with two attached hydrogens (primary N) is 1. The molecule has 0 aliphatic heterocycles. The van der Waals surface area contributed by atoms with Crippen molar-refractivity contribution in [2.45, 2.75) is 31.3 Å². The summed E-state index contributed by atoms with van der Waals surface area (Å²) in [6.07, 6.45) is 1.63. The first-order chi connectivity index (χ1) is 11.4. The summed E-state index contributed by atoms with van der Waals surface area (Å²) in [5.74, 6) is -2.90. The lowest BCUT2D eigenvalue weighted by Gasteiger charge is -2.15. The van der Waals surface area contributed by atoms with E-state index < -0.39 is 29.9 Å². The smallest absolute Gasteiger partial charge is 0.326 e. The van der Waals surface area contributed by atoms with E-state index in [9.17, 15) is 19.5 Å². The molecule has 9 heteroatoms. The van der Waals surface area contributed by atoms with Gasteiger partial charge in [-0.15, -0.1) is 12.4 Å². The summed E-state index contributed by atoms with van der Waals surface area (Å²) in [6.45, 7) is 0. The van der Waals surface area contributed by atoms with Gasteiger partial charge in [0.15, 0.2) is 0 Å². The lowest BCUT2D eigenvalue weighted by Crippen LogP contribution is -2.43. The quantitative estimate of drug-likeness (QED) is 0.467. The maximum atomic E-state index is 11.8. The second kappa shape index (κ2) is 9.05. The van der Waals surface area contributed by atoms with Crippen LogP contribution in [0.4, 0.5) is 0 Å². The SMILES string of the molecule is Cl.N[C@H](CCC(=O)N[C@@H](Cc1c[nH]c2ccccc12)C(=O)O)C(=O)O. The van der Waals surface area contributed by atoms with Crippen LogP contribution in [0, 0.1) is 0 Å². The molecule has 1 heterocycles. The number of carbonyl (C=O) groups is 3. The summed E-state index contributed by atoms with van der Waals surface area (Å²) in [7, 11) is 0. The monoisotopic (exact) mass is 369 g/mol. The van der Waals surface area contributed by atoms with Crippen molar-refractivity contribution in [2.75, 3.05) is 0 Å². The molecule has 1 aromatic carbocycles. The van der Waals surface area contributed by atoms with Crippen LogP contribution in [0.2, 0.25) is 0 Å². The molecule has 1 amide bonds. The molecule has 0 saturated heterocycles. The van der Waals surface area contributed by atoms with E-state index in [2.05, 4.69) is 10.3 Å². The van der Waals surface area contributed by atoms with E-state index in [0.29, 0.717) is 0 Å². The summed E-state index contributed by atoms with van der Waals surface area (Å²) >= 11 is 0. The minimum Gasteiger partial charge on any atom is -0.480 e. The Kier molecular flexibility index (Phi) is 7.41. The first-order valence-corrected chi connectivity index (χ1v) is 7.44. The maximum Gasteiger partial charge on any atom is 0.326 e. The Hall–Kier alpha value is -2.58. The van der Waals surface area contributed by atoms with Crippen molar-refractivity contribution in [2.24, 2.45) is 5.73 Å². The van der Waals surface area contributed by atoms with Gasteiger partial charge in [-0.05, 0) is 18.1 Å². The standard InChI is InChI=1S/C16H19N3O5.ClH/c17-11(15(21)22)5-6-14(20)19-13(16(23)24)7-9-8-18-12-4-2-1-3-10(9)12;/h1-4,8,11,13,18H,5-7,17H2,(H,19,20)(H,21,22)(H,23,24);1H/t11-,13+;/m1./s1. The van der Waals surface area contributed by atoms with Crippen molar-refractivity contribution in [3.8, 4) is 0 Å². The van der Waals surface area contributed by atoms with Crippen LogP contribution in [0.3, 0.4) is 0 Å². The van der Waals surface area contributed by atoms with Gasteiger partial charge >= 0.3 is 11.9 Å². The van der Waals surface area contributed by atoms with Crippen molar-refractivity contribution < 1.29 is 24.6 Å². The van der Waals surface area contributed by atoms with E-state index in [-0.39, 0.29) is 31.7 Å².